The number of carbonyl (C=O) groups is 1. The Morgan fingerprint density at radius 3 is 2.40 bits per heavy atom. The Labute approximate surface area is 187 Å². The summed E-state index contributed by atoms with van der Waals surface area (Å²) in [6.07, 6.45) is 3.29. The van der Waals surface area contributed by atoms with E-state index in [1.54, 1.807) is 12.1 Å². The van der Waals surface area contributed by atoms with Gasteiger partial charge in [-0.25, -0.2) is 12.7 Å². The van der Waals surface area contributed by atoms with Crippen LogP contribution in [0.4, 0.5) is 5.69 Å². The molecule has 2 aromatic rings. The molecule has 1 unspecified atom stereocenters. The van der Waals surface area contributed by atoms with E-state index < -0.39 is 10.0 Å². The van der Waals surface area contributed by atoms with E-state index >= 15 is 0 Å². The smallest absolute Gasteiger partial charge is 0.253 e. The van der Waals surface area contributed by atoms with Gasteiger partial charge in [-0.05, 0) is 56.0 Å². The van der Waals surface area contributed by atoms with Gasteiger partial charge in [0, 0.05) is 37.3 Å². The SMILES string of the molecule is CC(NC(=O)c1cc(S(=O)(=O)N(C)C)ccc1N1CCCCC1)c1ccccc1Br. The van der Waals surface area contributed by atoms with E-state index in [4.69, 9.17) is 0 Å². The fourth-order valence-corrected chi connectivity index (χ4v) is 5.21. The van der Waals surface area contributed by atoms with Gasteiger partial charge in [-0.1, -0.05) is 34.1 Å². The Balaban J connectivity index is 1.98. The van der Waals surface area contributed by atoms with Crippen LogP contribution < -0.4 is 10.2 Å². The van der Waals surface area contributed by atoms with Gasteiger partial charge < -0.3 is 10.2 Å². The number of anilines is 1. The van der Waals surface area contributed by atoms with E-state index in [0.717, 1.165) is 46.0 Å². The molecular weight excluding hydrogens is 466 g/mol. The number of benzene rings is 2. The minimum absolute atomic E-state index is 0.118. The van der Waals surface area contributed by atoms with Crippen molar-refractivity contribution in [1.29, 1.82) is 0 Å². The quantitative estimate of drug-likeness (QED) is 0.654. The number of sulfonamides is 1. The zero-order valence-corrected chi connectivity index (χ0v) is 20.0. The van der Waals surface area contributed by atoms with Crippen LogP contribution in [0.3, 0.4) is 0 Å². The lowest BCUT2D eigenvalue weighted by atomic mass is 10.0. The highest BCUT2D eigenvalue weighted by atomic mass is 79.9. The molecule has 0 aromatic heterocycles. The van der Waals surface area contributed by atoms with Crippen molar-refractivity contribution in [3.05, 3.63) is 58.1 Å². The topological polar surface area (TPSA) is 69.7 Å². The second-order valence-corrected chi connectivity index (χ2v) is 10.7. The molecule has 1 heterocycles. The molecule has 3 rings (SSSR count). The zero-order valence-electron chi connectivity index (χ0n) is 17.6. The van der Waals surface area contributed by atoms with Gasteiger partial charge in [0.2, 0.25) is 10.0 Å². The fraction of sp³-hybridized carbons (Fsp3) is 0.409. The number of piperidine rings is 1. The van der Waals surface area contributed by atoms with E-state index in [-0.39, 0.29) is 16.8 Å². The van der Waals surface area contributed by atoms with Gasteiger partial charge in [0.1, 0.15) is 0 Å². The van der Waals surface area contributed by atoms with Crippen LogP contribution in [0.1, 0.15) is 48.1 Å². The predicted molar refractivity (Wildman–Crippen MR) is 123 cm³/mol. The minimum Gasteiger partial charge on any atom is -0.371 e. The molecule has 1 atom stereocenters. The van der Waals surface area contributed by atoms with Gasteiger partial charge in [-0.2, -0.15) is 0 Å². The standard InChI is InChI=1S/C22H28BrN3O3S/c1-16(18-9-5-6-10-20(18)23)24-22(27)19-15-17(30(28,29)25(2)3)11-12-21(19)26-13-7-4-8-14-26/h5-6,9-12,15-16H,4,7-8,13-14H2,1-3H3,(H,24,27). The monoisotopic (exact) mass is 493 g/mol. The first-order chi connectivity index (χ1) is 14.2. The van der Waals surface area contributed by atoms with Crippen LogP contribution in [0.15, 0.2) is 51.8 Å². The average Bonchev–Trinajstić information content (AvgIpc) is 2.74. The van der Waals surface area contributed by atoms with E-state index in [1.165, 1.54) is 26.6 Å². The summed E-state index contributed by atoms with van der Waals surface area (Å²) >= 11 is 3.53. The summed E-state index contributed by atoms with van der Waals surface area (Å²) in [4.78, 5) is 15.6. The number of amides is 1. The third kappa shape index (κ3) is 4.87. The maximum absolute atomic E-state index is 13.3. The third-order valence-corrected chi connectivity index (χ3v) is 7.94. The fourth-order valence-electron chi connectivity index (χ4n) is 3.66. The summed E-state index contributed by atoms with van der Waals surface area (Å²) in [6.45, 7) is 3.64. The molecule has 30 heavy (non-hydrogen) atoms. The number of carbonyl (C=O) groups excluding carboxylic acids is 1. The summed E-state index contributed by atoms with van der Waals surface area (Å²) < 4.78 is 27.4. The first kappa shape index (κ1) is 22.8. The molecule has 0 radical (unpaired) electrons. The number of halogens is 1. The molecule has 0 bridgehead atoms. The maximum atomic E-state index is 13.3. The summed E-state index contributed by atoms with van der Waals surface area (Å²) in [5.74, 6) is -0.283. The minimum atomic E-state index is -3.64. The summed E-state index contributed by atoms with van der Waals surface area (Å²) in [5, 5.41) is 3.04. The van der Waals surface area contributed by atoms with Gasteiger partial charge in [0.15, 0.2) is 0 Å². The van der Waals surface area contributed by atoms with Crippen molar-refractivity contribution < 1.29 is 13.2 Å². The van der Waals surface area contributed by atoms with Crippen molar-refractivity contribution in [2.45, 2.75) is 37.1 Å². The molecule has 1 N–H and O–H groups in total. The van der Waals surface area contributed by atoms with Crippen LogP contribution in [-0.4, -0.2) is 45.8 Å². The number of hydrogen-bond acceptors (Lipinski definition) is 4. The van der Waals surface area contributed by atoms with Crippen LogP contribution in [0.5, 0.6) is 0 Å². The van der Waals surface area contributed by atoms with Crippen molar-refractivity contribution in [3.63, 3.8) is 0 Å². The maximum Gasteiger partial charge on any atom is 0.253 e. The van der Waals surface area contributed by atoms with Crippen LogP contribution in [0, 0.1) is 0 Å². The number of nitrogens with zero attached hydrogens (tertiary/aromatic N) is 2. The van der Waals surface area contributed by atoms with Crippen molar-refractivity contribution in [1.82, 2.24) is 9.62 Å². The van der Waals surface area contributed by atoms with Crippen molar-refractivity contribution in [3.8, 4) is 0 Å². The normalized spacial score (nSPS) is 15.8. The molecule has 0 spiro atoms. The van der Waals surface area contributed by atoms with Crippen LogP contribution in [0.25, 0.3) is 0 Å². The van der Waals surface area contributed by atoms with Crippen molar-refractivity contribution in [2.24, 2.45) is 0 Å². The largest absolute Gasteiger partial charge is 0.371 e. The first-order valence-electron chi connectivity index (χ1n) is 10.1. The Morgan fingerprint density at radius 2 is 1.77 bits per heavy atom. The Kier molecular flexibility index (Phi) is 7.21. The van der Waals surface area contributed by atoms with Gasteiger partial charge in [-0.15, -0.1) is 0 Å². The molecule has 162 valence electrons. The number of hydrogen-bond donors (Lipinski definition) is 1. The summed E-state index contributed by atoms with van der Waals surface area (Å²) in [5.41, 5.74) is 2.13. The van der Waals surface area contributed by atoms with Crippen LogP contribution in [0.2, 0.25) is 0 Å². The van der Waals surface area contributed by atoms with Gasteiger partial charge in [0.05, 0.1) is 16.5 Å². The molecule has 6 nitrogen and oxygen atoms in total. The summed E-state index contributed by atoms with van der Waals surface area (Å²) in [7, 11) is -0.663. The second kappa shape index (κ2) is 9.49. The van der Waals surface area contributed by atoms with E-state index in [9.17, 15) is 13.2 Å². The highest BCUT2D eigenvalue weighted by Crippen LogP contribution is 2.29. The lowest BCUT2D eigenvalue weighted by molar-refractivity contribution is 0.0940. The molecular formula is C22H28BrN3O3S. The lowest BCUT2D eigenvalue weighted by Crippen LogP contribution is -2.34. The van der Waals surface area contributed by atoms with Crippen LogP contribution in [-0.2, 0) is 10.0 Å². The number of rotatable bonds is 6. The van der Waals surface area contributed by atoms with Gasteiger partial charge >= 0.3 is 0 Å². The zero-order chi connectivity index (χ0) is 21.9. The molecule has 0 saturated carbocycles. The van der Waals surface area contributed by atoms with Gasteiger partial charge in [-0.3, -0.25) is 4.79 Å². The van der Waals surface area contributed by atoms with Crippen molar-refractivity contribution in [2.75, 3.05) is 32.1 Å². The molecule has 1 fully saturated rings. The molecule has 1 amide bonds. The highest BCUT2D eigenvalue weighted by molar-refractivity contribution is 9.10. The molecule has 1 aliphatic heterocycles. The predicted octanol–water partition coefficient (Wildman–Crippen LogP) is 4.18. The first-order valence-corrected chi connectivity index (χ1v) is 12.3. The summed E-state index contributed by atoms with van der Waals surface area (Å²) in [6, 6.07) is 12.3. The van der Waals surface area contributed by atoms with Gasteiger partial charge in [0.25, 0.3) is 5.91 Å². The van der Waals surface area contributed by atoms with E-state index in [0.29, 0.717) is 5.56 Å². The second-order valence-electron chi connectivity index (χ2n) is 7.73. The number of nitrogens with one attached hydrogen (secondary N) is 1. The van der Waals surface area contributed by atoms with Crippen LogP contribution >= 0.6 is 15.9 Å². The average molecular weight is 494 g/mol. The molecule has 8 heteroatoms. The van der Waals surface area contributed by atoms with Crippen molar-refractivity contribution >= 4 is 37.5 Å². The molecule has 2 aromatic carbocycles. The van der Waals surface area contributed by atoms with E-state index in [2.05, 4.69) is 26.1 Å². The highest BCUT2D eigenvalue weighted by Gasteiger charge is 2.25. The lowest BCUT2D eigenvalue weighted by Gasteiger charge is -2.31. The Morgan fingerprint density at radius 1 is 1.10 bits per heavy atom. The third-order valence-electron chi connectivity index (χ3n) is 5.41. The molecule has 1 saturated heterocycles. The Hall–Kier alpha value is -1.90. The van der Waals surface area contributed by atoms with E-state index in [1.807, 2.05) is 31.2 Å². The molecule has 0 aliphatic carbocycles. The Bertz CT molecular complexity index is 1020. The molecule has 1 aliphatic rings.